The van der Waals surface area contributed by atoms with Crippen LogP contribution >= 0.6 is 24.8 Å². The fourth-order valence-electron chi connectivity index (χ4n) is 5.54. The van der Waals surface area contributed by atoms with E-state index < -0.39 is 22.0 Å². The van der Waals surface area contributed by atoms with E-state index in [-0.39, 0.29) is 36.6 Å². The molecule has 0 aromatic heterocycles. The summed E-state index contributed by atoms with van der Waals surface area (Å²) < 4.78 is 25.3. The molecule has 0 aromatic carbocycles. The van der Waals surface area contributed by atoms with Gasteiger partial charge >= 0.3 is 0 Å². The van der Waals surface area contributed by atoms with Crippen molar-refractivity contribution in [2.75, 3.05) is 52.6 Å². The number of rotatable bonds is 13. The first-order chi connectivity index (χ1) is 16.2. The largest absolute Gasteiger partial charge is 0.330 e. The number of carbonyl (C=O) groups is 2. The summed E-state index contributed by atoms with van der Waals surface area (Å²) in [5.41, 5.74) is 0.482. The van der Waals surface area contributed by atoms with Gasteiger partial charge in [0.15, 0.2) is 0 Å². The SMILES string of the molecule is CCC[C@H]1C(=O)N(S(C)(=O)=O)C2=CCN(C(=O)CCCCCCCCCN3CCN(C)CC3)[C@@H]21.Cl.Cl. The Morgan fingerprint density at radius 3 is 2.14 bits per heavy atom. The molecule has 0 N–H and O–H groups in total. The summed E-state index contributed by atoms with van der Waals surface area (Å²) in [6.45, 7) is 8.34. The number of sulfonamides is 1. The number of hydrogen-bond acceptors (Lipinski definition) is 6. The standard InChI is InChI=1S/C25H44N4O4S.2ClH/c1-4-12-21-24-22(29(25(21)31)34(3,32)33)14-16-28(24)23(30)13-10-8-6-5-7-9-11-15-27-19-17-26(2)18-20-27;;/h14,21,24H,4-13,15-20H2,1-3H3;2*1H/t21-,24-;;/m1../s1. The second-order valence-electron chi connectivity index (χ2n) is 10.3. The fourth-order valence-corrected chi connectivity index (χ4v) is 6.57. The van der Waals surface area contributed by atoms with Crippen molar-refractivity contribution in [2.45, 2.75) is 77.2 Å². The highest BCUT2D eigenvalue weighted by atomic mass is 35.5. The molecule has 0 aromatic rings. The first-order valence-corrected chi connectivity index (χ1v) is 15.0. The van der Waals surface area contributed by atoms with Crippen molar-refractivity contribution >= 4 is 46.7 Å². The molecule has 2 saturated heterocycles. The Morgan fingerprint density at radius 1 is 0.972 bits per heavy atom. The summed E-state index contributed by atoms with van der Waals surface area (Å²) >= 11 is 0. The van der Waals surface area contributed by atoms with Crippen LogP contribution in [0.3, 0.4) is 0 Å². The zero-order chi connectivity index (χ0) is 24.7. The molecular weight excluding hydrogens is 523 g/mol. The summed E-state index contributed by atoms with van der Waals surface area (Å²) in [6, 6.07) is -0.421. The van der Waals surface area contributed by atoms with Crippen molar-refractivity contribution < 1.29 is 18.0 Å². The smallest absolute Gasteiger partial charge is 0.246 e. The highest BCUT2D eigenvalue weighted by Crippen LogP contribution is 2.40. The number of nitrogens with zero attached hydrogens (tertiary/aromatic N) is 4. The van der Waals surface area contributed by atoms with E-state index in [1.807, 2.05) is 6.92 Å². The molecule has 2 amide bonds. The maximum Gasteiger partial charge on any atom is 0.246 e. The van der Waals surface area contributed by atoms with Gasteiger partial charge in [-0.25, -0.2) is 12.7 Å². The molecule has 0 saturated carbocycles. The third-order valence-electron chi connectivity index (χ3n) is 7.48. The van der Waals surface area contributed by atoms with Gasteiger partial charge in [0.2, 0.25) is 21.8 Å². The van der Waals surface area contributed by atoms with Crippen LogP contribution in [0.1, 0.15) is 71.1 Å². The number of amides is 2. The van der Waals surface area contributed by atoms with Crippen LogP contribution in [0.2, 0.25) is 0 Å². The highest BCUT2D eigenvalue weighted by Gasteiger charge is 2.53. The topological polar surface area (TPSA) is 81.2 Å². The lowest BCUT2D eigenvalue weighted by Gasteiger charge is -2.32. The van der Waals surface area contributed by atoms with Gasteiger partial charge in [-0.2, -0.15) is 0 Å². The lowest BCUT2D eigenvalue weighted by Crippen LogP contribution is -2.44. The van der Waals surface area contributed by atoms with Crippen molar-refractivity contribution in [1.82, 2.24) is 19.0 Å². The molecule has 11 heteroatoms. The van der Waals surface area contributed by atoms with Gasteiger partial charge in [-0.1, -0.05) is 45.4 Å². The van der Waals surface area contributed by atoms with Crippen LogP contribution in [-0.4, -0.2) is 97.9 Å². The Morgan fingerprint density at radius 2 is 1.56 bits per heavy atom. The van der Waals surface area contributed by atoms with Gasteiger partial charge < -0.3 is 14.7 Å². The van der Waals surface area contributed by atoms with Crippen LogP contribution in [-0.2, 0) is 19.6 Å². The molecule has 3 rings (SSSR count). The summed E-state index contributed by atoms with van der Waals surface area (Å²) in [7, 11) is -1.49. The molecule has 3 aliphatic rings. The van der Waals surface area contributed by atoms with E-state index in [2.05, 4.69) is 16.8 Å². The molecule has 0 unspecified atom stereocenters. The lowest BCUT2D eigenvalue weighted by molar-refractivity contribution is -0.133. The first-order valence-electron chi connectivity index (χ1n) is 13.2. The molecule has 0 radical (unpaired) electrons. The van der Waals surface area contributed by atoms with E-state index in [1.54, 1.807) is 11.0 Å². The normalized spacial score (nSPS) is 22.8. The Labute approximate surface area is 230 Å². The van der Waals surface area contributed by atoms with Crippen LogP contribution in [0.5, 0.6) is 0 Å². The minimum atomic E-state index is -3.68. The van der Waals surface area contributed by atoms with Crippen molar-refractivity contribution in [3.63, 3.8) is 0 Å². The summed E-state index contributed by atoms with van der Waals surface area (Å²) in [4.78, 5) is 32.4. The predicted octanol–water partition coefficient (Wildman–Crippen LogP) is 3.51. The predicted molar refractivity (Wildman–Crippen MR) is 149 cm³/mol. The minimum absolute atomic E-state index is 0. The van der Waals surface area contributed by atoms with Crippen LogP contribution in [0.25, 0.3) is 0 Å². The van der Waals surface area contributed by atoms with Gasteiger partial charge in [0.05, 0.1) is 23.9 Å². The molecule has 2 atom stereocenters. The zero-order valence-corrected chi connectivity index (χ0v) is 24.6. The van der Waals surface area contributed by atoms with E-state index in [0.29, 0.717) is 25.1 Å². The van der Waals surface area contributed by atoms with Gasteiger partial charge in [-0.3, -0.25) is 9.59 Å². The number of unbranched alkanes of at least 4 members (excludes halogenated alkanes) is 6. The monoisotopic (exact) mass is 568 g/mol. The molecule has 2 fully saturated rings. The van der Waals surface area contributed by atoms with Crippen molar-refractivity contribution in [1.29, 1.82) is 0 Å². The van der Waals surface area contributed by atoms with Crippen molar-refractivity contribution in [3.8, 4) is 0 Å². The van der Waals surface area contributed by atoms with Gasteiger partial charge in [0, 0.05) is 39.1 Å². The molecular formula is C25H46Cl2N4O4S. The Bertz CT molecular complexity index is 847. The molecule has 0 bridgehead atoms. The summed E-state index contributed by atoms with van der Waals surface area (Å²) in [6.07, 6.45) is 12.7. The molecule has 210 valence electrons. The molecule has 3 heterocycles. The Kier molecular flexibility index (Phi) is 14.3. The lowest BCUT2D eigenvalue weighted by atomic mass is 9.95. The van der Waals surface area contributed by atoms with Crippen LogP contribution in [0.4, 0.5) is 0 Å². The van der Waals surface area contributed by atoms with Crippen molar-refractivity contribution in [3.05, 3.63) is 11.8 Å². The van der Waals surface area contributed by atoms with Gasteiger partial charge in [0.25, 0.3) is 0 Å². The maximum absolute atomic E-state index is 13.0. The van der Waals surface area contributed by atoms with Crippen LogP contribution in [0, 0.1) is 5.92 Å². The Balaban J connectivity index is 0.00000324. The zero-order valence-electron chi connectivity index (χ0n) is 22.2. The molecule has 0 spiro atoms. The average molecular weight is 570 g/mol. The number of carbonyl (C=O) groups excluding carboxylic acids is 2. The third kappa shape index (κ3) is 8.58. The van der Waals surface area contributed by atoms with Crippen molar-refractivity contribution in [2.24, 2.45) is 5.92 Å². The van der Waals surface area contributed by atoms with E-state index in [0.717, 1.165) is 36.2 Å². The first kappa shape index (κ1) is 33.2. The average Bonchev–Trinajstić information content (AvgIpc) is 3.31. The van der Waals surface area contributed by atoms with E-state index in [4.69, 9.17) is 0 Å². The summed E-state index contributed by atoms with van der Waals surface area (Å²) in [5, 5.41) is 0. The second-order valence-corrected chi connectivity index (χ2v) is 12.1. The van der Waals surface area contributed by atoms with Gasteiger partial charge in [-0.15, -0.1) is 24.8 Å². The van der Waals surface area contributed by atoms with E-state index in [1.165, 1.54) is 58.4 Å². The third-order valence-corrected chi connectivity index (χ3v) is 8.54. The summed E-state index contributed by atoms with van der Waals surface area (Å²) in [5.74, 6) is -0.804. The fraction of sp³-hybridized carbons (Fsp3) is 0.840. The molecule has 36 heavy (non-hydrogen) atoms. The van der Waals surface area contributed by atoms with E-state index >= 15 is 0 Å². The number of halogens is 2. The maximum atomic E-state index is 13.0. The van der Waals surface area contributed by atoms with Gasteiger partial charge in [-0.05, 0) is 38.9 Å². The molecule has 8 nitrogen and oxygen atoms in total. The molecule has 0 aliphatic carbocycles. The van der Waals surface area contributed by atoms with Gasteiger partial charge in [0.1, 0.15) is 0 Å². The van der Waals surface area contributed by atoms with Crippen LogP contribution < -0.4 is 0 Å². The number of piperazine rings is 1. The number of hydrogen-bond donors (Lipinski definition) is 0. The quantitative estimate of drug-likeness (QED) is 0.316. The highest BCUT2D eigenvalue weighted by molar-refractivity contribution is 7.89. The second kappa shape index (κ2) is 15.5. The van der Waals surface area contributed by atoms with Crippen LogP contribution in [0.15, 0.2) is 11.8 Å². The number of likely N-dealkylation sites (N-methyl/N-ethyl adjacent to an activating group) is 1. The van der Waals surface area contributed by atoms with E-state index in [9.17, 15) is 18.0 Å². The Hall–Kier alpha value is -0.870. The molecule has 3 aliphatic heterocycles. The number of fused-ring (bicyclic) bond motifs is 1. The minimum Gasteiger partial charge on any atom is -0.330 e.